The average Bonchev–Trinajstić information content (AvgIpc) is 2.80. The molecule has 4 heteroatoms. The van der Waals surface area contributed by atoms with Crippen LogP contribution in [-0.4, -0.2) is 8.75 Å². The molecule has 1 fully saturated rings. The fraction of sp³-hybridized carbons (Fsp3) is 0.385. The Morgan fingerprint density at radius 1 is 1.29 bits per heavy atom. The van der Waals surface area contributed by atoms with Gasteiger partial charge in [0.05, 0.1) is 29.7 Å². The second kappa shape index (κ2) is 4.55. The van der Waals surface area contributed by atoms with Crippen LogP contribution in [-0.2, 0) is 0 Å². The Bertz CT molecular complexity index is 491. The minimum absolute atomic E-state index is 0.134. The summed E-state index contributed by atoms with van der Waals surface area (Å²) in [6.07, 6.45) is 5.69. The van der Waals surface area contributed by atoms with Crippen LogP contribution in [0.15, 0.2) is 30.5 Å². The zero-order valence-corrected chi connectivity index (χ0v) is 10.4. The van der Waals surface area contributed by atoms with E-state index in [0.717, 1.165) is 5.69 Å². The lowest BCUT2D eigenvalue weighted by Gasteiger charge is -2.29. The molecule has 0 saturated heterocycles. The molecule has 1 heterocycles. The molecule has 2 N–H and O–H groups in total. The first-order valence-corrected chi connectivity index (χ1v) is 6.71. The van der Waals surface area contributed by atoms with Gasteiger partial charge < -0.3 is 5.73 Å². The number of benzene rings is 1. The standard InChI is InChI=1S/C13H15N3S/c14-13(12-8-15-17-16-12)11-7-2-1-6-10(11)9-4-3-5-9/h1-2,6-9,13H,3-5,14H2. The predicted octanol–water partition coefficient (Wildman–Crippen LogP) is 2.85. The van der Waals surface area contributed by atoms with Crippen LogP contribution in [0.25, 0.3) is 0 Å². The second-order valence-corrected chi connectivity index (χ2v) is 5.12. The van der Waals surface area contributed by atoms with E-state index in [2.05, 4.69) is 33.0 Å². The third-order valence-corrected chi connectivity index (χ3v) is 4.07. The van der Waals surface area contributed by atoms with Crippen molar-refractivity contribution in [3.63, 3.8) is 0 Å². The summed E-state index contributed by atoms with van der Waals surface area (Å²) in [5.74, 6) is 0.698. The van der Waals surface area contributed by atoms with Gasteiger partial charge >= 0.3 is 0 Å². The topological polar surface area (TPSA) is 51.8 Å². The summed E-state index contributed by atoms with van der Waals surface area (Å²) < 4.78 is 8.27. The molecule has 1 aromatic heterocycles. The molecular weight excluding hydrogens is 230 g/mol. The number of nitrogens with two attached hydrogens (primary N) is 1. The van der Waals surface area contributed by atoms with E-state index in [1.807, 2.05) is 0 Å². The van der Waals surface area contributed by atoms with E-state index in [4.69, 9.17) is 5.73 Å². The molecule has 17 heavy (non-hydrogen) atoms. The zero-order chi connectivity index (χ0) is 11.7. The van der Waals surface area contributed by atoms with Crippen LogP contribution in [0.3, 0.4) is 0 Å². The number of aromatic nitrogens is 2. The van der Waals surface area contributed by atoms with Gasteiger partial charge in [-0.05, 0) is 29.9 Å². The van der Waals surface area contributed by atoms with Crippen LogP contribution < -0.4 is 5.73 Å². The predicted molar refractivity (Wildman–Crippen MR) is 69.0 cm³/mol. The molecular formula is C13H15N3S. The van der Waals surface area contributed by atoms with Gasteiger partial charge in [-0.25, -0.2) is 0 Å². The Morgan fingerprint density at radius 2 is 2.12 bits per heavy atom. The van der Waals surface area contributed by atoms with Gasteiger partial charge in [-0.1, -0.05) is 30.7 Å². The minimum Gasteiger partial charge on any atom is -0.319 e. The monoisotopic (exact) mass is 245 g/mol. The lowest BCUT2D eigenvalue weighted by atomic mass is 9.77. The highest BCUT2D eigenvalue weighted by atomic mass is 32.1. The minimum atomic E-state index is -0.134. The van der Waals surface area contributed by atoms with E-state index < -0.39 is 0 Å². The molecule has 3 nitrogen and oxygen atoms in total. The lowest BCUT2D eigenvalue weighted by molar-refractivity contribution is 0.416. The maximum absolute atomic E-state index is 6.28. The Morgan fingerprint density at radius 3 is 2.76 bits per heavy atom. The largest absolute Gasteiger partial charge is 0.319 e. The van der Waals surface area contributed by atoms with Crippen LogP contribution >= 0.6 is 11.7 Å². The smallest absolute Gasteiger partial charge is 0.0955 e. The fourth-order valence-corrected chi connectivity index (χ4v) is 2.81. The number of hydrogen-bond donors (Lipinski definition) is 1. The number of rotatable bonds is 3. The van der Waals surface area contributed by atoms with Crippen LogP contribution in [0, 0.1) is 0 Å². The van der Waals surface area contributed by atoms with E-state index in [-0.39, 0.29) is 6.04 Å². The van der Waals surface area contributed by atoms with Crippen molar-refractivity contribution in [2.75, 3.05) is 0 Å². The van der Waals surface area contributed by atoms with E-state index in [9.17, 15) is 0 Å². The maximum atomic E-state index is 6.28. The van der Waals surface area contributed by atoms with E-state index in [1.165, 1.54) is 42.1 Å². The Kier molecular flexibility index (Phi) is 2.91. The van der Waals surface area contributed by atoms with Gasteiger partial charge in [-0.2, -0.15) is 8.75 Å². The quantitative estimate of drug-likeness (QED) is 0.904. The van der Waals surface area contributed by atoms with Crippen molar-refractivity contribution >= 4 is 11.7 Å². The van der Waals surface area contributed by atoms with Crippen molar-refractivity contribution < 1.29 is 0 Å². The molecule has 1 saturated carbocycles. The molecule has 0 bridgehead atoms. The molecule has 3 rings (SSSR count). The summed E-state index contributed by atoms with van der Waals surface area (Å²) in [5, 5.41) is 0. The van der Waals surface area contributed by atoms with Crippen molar-refractivity contribution in [1.82, 2.24) is 8.75 Å². The maximum Gasteiger partial charge on any atom is 0.0955 e. The first kappa shape index (κ1) is 10.9. The van der Waals surface area contributed by atoms with E-state index in [0.29, 0.717) is 5.92 Å². The van der Waals surface area contributed by atoms with Gasteiger partial charge in [0.15, 0.2) is 0 Å². The van der Waals surface area contributed by atoms with Crippen LogP contribution in [0.5, 0.6) is 0 Å². The SMILES string of the molecule is NC(c1cnsn1)c1ccccc1C1CCC1. The molecule has 0 radical (unpaired) electrons. The normalized spacial score (nSPS) is 17.7. The van der Waals surface area contributed by atoms with Crippen molar-refractivity contribution in [3.8, 4) is 0 Å². The van der Waals surface area contributed by atoms with Crippen molar-refractivity contribution in [1.29, 1.82) is 0 Å². The number of hydrogen-bond acceptors (Lipinski definition) is 4. The summed E-state index contributed by atoms with van der Waals surface area (Å²) in [6.45, 7) is 0. The molecule has 88 valence electrons. The van der Waals surface area contributed by atoms with Crippen molar-refractivity contribution in [3.05, 3.63) is 47.3 Å². The summed E-state index contributed by atoms with van der Waals surface area (Å²) in [6, 6.07) is 8.35. The summed E-state index contributed by atoms with van der Waals surface area (Å²) in [4.78, 5) is 0. The van der Waals surface area contributed by atoms with Gasteiger partial charge in [-0.3, -0.25) is 0 Å². The first-order chi connectivity index (χ1) is 8.36. The highest BCUT2D eigenvalue weighted by molar-refractivity contribution is 6.99. The van der Waals surface area contributed by atoms with Crippen LogP contribution in [0.4, 0.5) is 0 Å². The number of nitrogens with zero attached hydrogens (tertiary/aromatic N) is 2. The molecule has 0 aliphatic heterocycles. The van der Waals surface area contributed by atoms with Gasteiger partial charge in [-0.15, -0.1) is 0 Å². The van der Waals surface area contributed by atoms with Gasteiger partial charge in [0, 0.05) is 0 Å². The zero-order valence-electron chi connectivity index (χ0n) is 9.54. The fourth-order valence-electron chi connectivity index (χ4n) is 2.35. The second-order valence-electron chi connectivity index (χ2n) is 4.57. The van der Waals surface area contributed by atoms with E-state index in [1.54, 1.807) is 6.20 Å². The van der Waals surface area contributed by atoms with Gasteiger partial charge in [0.2, 0.25) is 0 Å². The van der Waals surface area contributed by atoms with Crippen molar-refractivity contribution in [2.45, 2.75) is 31.2 Å². The molecule has 1 unspecified atom stereocenters. The third-order valence-electron chi connectivity index (χ3n) is 3.57. The third kappa shape index (κ3) is 1.98. The molecule has 1 aliphatic carbocycles. The lowest BCUT2D eigenvalue weighted by Crippen LogP contribution is -2.18. The molecule has 1 atom stereocenters. The van der Waals surface area contributed by atoms with Gasteiger partial charge in [0.25, 0.3) is 0 Å². The van der Waals surface area contributed by atoms with Crippen LogP contribution in [0.1, 0.15) is 48.0 Å². The Labute approximate surface area is 105 Å². The molecule has 1 aliphatic rings. The summed E-state index contributed by atoms with van der Waals surface area (Å²) in [5.41, 5.74) is 9.77. The summed E-state index contributed by atoms with van der Waals surface area (Å²) >= 11 is 1.22. The summed E-state index contributed by atoms with van der Waals surface area (Å²) in [7, 11) is 0. The molecule has 1 aromatic carbocycles. The average molecular weight is 245 g/mol. The van der Waals surface area contributed by atoms with E-state index >= 15 is 0 Å². The first-order valence-electron chi connectivity index (χ1n) is 5.98. The molecule has 0 amide bonds. The Balaban J connectivity index is 1.96. The van der Waals surface area contributed by atoms with Gasteiger partial charge in [0.1, 0.15) is 0 Å². The molecule has 0 spiro atoms. The van der Waals surface area contributed by atoms with Crippen molar-refractivity contribution in [2.24, 2.45) is 5.73 Å². The highest BCUT2D eigenvalue weighted by Crippen LogP contribution is 2.39. The van der Waals surface area contributed by atoms with Crippen LogP contribution in [0.2, 0.25) is 0 Å². The molecule has 2 aromatic rings. The Hall–Kier alpha value is -1.26. The highest BCUT2D eigenvalue weighted by Gasteiger charge is 2.24.